The smallest absolute Gasteiger partial charge is 0.125 e. The van der Waals surface area contributed by atoms with Crippen LogP contribution in [0.25, 0.3) is 0 Å². The average Bonchev–Trinajstić information content (AvgIpc) is 2.85. The highest BCUT2D eigenvalue weighted by Crippen LogP contribution is 2.33. The third kappa shape index (κ3) is 4.31. The molecule has 1 heterocycles. The summed E-state index contributed by atoms with van der Waals surface area (Å²) in [6.07, 6.45) is 1.96. The maximum Gasteiger partial charge on any atom is 0.125 e. The van der Waals surface area contributed by atoms with Crippen molar-refractivity contribution in [2.75, 3.05) is 25.2 Å². The quantitative estimate of drug-likeness (QED) is 0.827. The molecule has 112 valence electrons. The molecule has 1 N–H and O–H groups in total. The Morgan fingerprint density at radius 2 is 2.15 bits per heavy atom. The van der Waals surface area contributed by atoms with Gasteiger partial charge < -0.3 is 10.1 Å². The molecule has 1 aromatic rings. The zero-order chi connectivity index (χ0) is 14.5. The van der Waals surface area contributed by atoms with E-state index in [1.54, 1.807) is 0 Å². The van der Waals surface area contributed by atoms with Crippen molar-refractivity contribution in [3.63, 3.8) is 0 Å². The van der Waals surface area contributed by atoms with Gasteiger partial charge in [0.25, 0.3) is 0 Å². The van der Waals surface area contributed by atoms with Crippen molar-refractivity contribution in [3.05, 3.63) is 28.3 Å². The molecule has 0 saturated heterocycles. The second kappa shape index (κ2) is 7.58. The maximum absolute atomic E-state index is 6.22. The standard InChI is InChI=1S/C16H24ClNOS/c1-11(2)9-20-10-15(18-3)8-13-7-14(17)6-12-4-5-19-16(12)13/h6-7,11,15,18H,4-5,8-10H2,1-3H3. The first-order valence-electron chi connectivity index (χ1n) is 7.29. The van der Waals surface area contributed by atoms with Crippen molar-refractivity contribution in [2.45, 2.75) is 32.7 Å². The minimum atomic E-state index is 0.463. The van der Waals surface area contributed by atoms with Crippen LogP contribution in [0, 0.1) is 5.92 Å². The molecule has 0 aliphatic carbocycles. The van der Waals surface area contributed by atoms with Crippen molar-refractivity contribution >= 4 is 23.4 Å². The maximum atomic E-state index is 6.22. The molecule has 2 nitrogen and oxygen atoms in total. The lowest BCUT2D eigenvalue weighted by atomic mass is 10.0. The first kappa shape index (κ1) is 16.0. The van der Waals surface area contributed by atoms with Gasteiger partial charge in [0, 0.05) is 23.2 Å². The van der Waals surface area contributed by atoms with Crippen molar-refractivity contribution in [1.29, 1.82) is 0 Å². The molecular weight excluding hydrogens is 290 g/mol. The fourth-order valence-electron chi connectivity index (χ4n) is 2.45. The van der Waals surface area contributed by atoms with Crippen LogP contribution in [0.2, 0.25) is 5.02 Å². The third-order valence-electron chi connectivity index (χ3n) is 3.47. The Balaban J connectivity index is 2.00. The third-order valence-corrected chi connectivity index (χ3v) is 5.23. The van der Waals surface area contributed by atoms with Gasteiger partial charge in [0.05, 0.1) is 6.61 Å². The van der Waals surface area contributed by atoms with Crippen LogP contribution >= 0.6 is 23.4 Å². The number of ether oxygens (including phenoxy) is 1. The highest BCUT2D eigenvalue weighted by molar-refractivity contribution is 7.99. The zero-order valence-corrected chi connectivity index (χ0v) is 14.1. The summed E-state index contributed by atoms with van der Waals surface area (Å²) in [6.45, 7) is 5.31. The minimum absolute atomic E-state index is 0.463. The molecule has 1 atom stereocenters. The molecule has 0 aromatic heterocycles. The summed E-state index contributed by atoms with van der Waals surface area (Å²) in [7, 11) is 2.03. The summed E-state index contributed by atoms with van der Waals surface area (Å²) >= 11 is 8.23. The summed E-state index contributed by atoms with van der Waals surface area (Å²) in [6, 6.07) is 4.56. The highest BCUT2D eigenvalue weighted by atomic mass is 35.5. The Morgan fingerprint density at radius 1 is 1.35 bits per heavy atom. The minimum Gasteiger partial charge on any atom is -0.493 e. The van der Waals surface area contributed by atoms with Gasteiger partial charge in [-0.25, -0.2) is 0 Å². The number of halogens is 1. The lowest BCUT2D eigenvalue weighted by Gasteiger charge is -2.18. The summed E-state index contributed by atoms with van der Waals surface area (Å²) in [4.78, 5) is 0. The lowest BCUT2D eigenvalue weighted by molar-refractivity contribution is 0.352. The van der Waals surface area contributed by atoms with Crippen LogP contribution < -0.4 is 10.1 Å². The van der Waals surface area contributed by atoms with Crippen LogP contribution in [0.5, 0.6) is 5.75 Å². The van der Waals surface area contributed by atoms with Crippen LogP contribution in [0.3, 0.4) is 0 Å². The molecule has 0 spiro atoms. The molecule has 2 rings (SSSR count). The molecular formula is C16H24ClNOS. The van der Waals surface area contributed by atoms with Gasteiger partial charge in [0.1, 0.15) is 5.75 Å². The van der Waals surface area contributed by atoms with Crippen LogP contribution in [0.4, 0.5) is 0 Å². The van der Waals surface area contributed by atoms with Gasteiger partial charge in [0.2, 0.25) is 0 Å². The van der Waals surface area contributed by atoms with Crippen molar-refractivity contribution < 1.29 is 4.74 Å². The van der Waals surface area contributed by atoms with E-state index in [1.165, 1.54) is 16.9 Å². The van der Waals surface area contributed by atoms with Crippen LogP contribution in [-0.4, -0.2) is 31.2 Å². The molecule has 0 saturated carbocycles. The number of rotatable bonds is 7. The fraction of sp³-hybridized carbons (Fsp3) is 0.625. The van der Waals surface area contributed by atoms with Crippen molar-refractivity contribution in [3.8, 4) is 5.75 Å². The Labute approximate surface area is 131 Å². The first-order chi connectivity index (χ1) is 9.60. The second-order valence-electron chi connectivity index (χ2n) is 5.77. The van der Waals surface area contributed by atoms with Gasteiger partial charge in [-0.1, -0.05) is 25.4 Å². The number of nitrogens with one attached hydrogen (secondary N) is 1. The van der Waals surface area contributed by atoms with Gasteiger partial charge in [-0.2, -0.15) is 11.8 Å². The van der Waals surface area contributed by atoms with Gasteiger partial charge in [0.15, 0.2) is 0 Å². The molecule has 4 heteroatoms. The van der Waals surface area contributed by atoms with E-state index in [1.807, 2.05) is 24.9 Å². The monoisotopic (exact) mass is 313 g/mol. The zero-order valence-electron chi connectivity index (χ0n) is 12.5. The van der Waals surface area contributed by atoms with Crippen LogP contribution in [0.1, 0.15) is 25.0 Å². The van der Waals surface area contributed by atoms with E-state index < -0.39 is 0 Å². The summed E-state index contributed by atoms with van der Waals surface area (Å²) in [5, 5.41) is 4.24. The van der Waals surface area contributed by atoms with Crippen LogP contribution in [-0.2, 0) is 12.8 Å². The first-order valence-corrected chi connectivity index (χ1v) is 8.82. The molecule has 1 aliphatic rings. The normalized spacial score (nSPS) is 15.2. The van der Waals surface area contributed by atoms with Gasteiger partial charge in [-0.15, -0.1) is 0 Å². The predicted molar refractivity (Wildman–Crippen MR) is 89.4 cm³/mol. The number of benzene rings is 1. The number of fused-ring (bicyclic) bond motifs is 1. The van der Waals surface area contributed by atoms with E-state index >= 15 is 0 Å². The second-order valence-corrected chi connectivity index (χ2v) is 7.28. The number of hydrogen-bond donors (Lipinski definition) is 1. The Morgan fingerprint density at radius 3 is 2.85 bits per heavy atom. The van der Waals surface area contributed by atoms with Crippen molar-refractivity contribution in [2.24, 2.45) is 5.92 Å². The molecule has 0 bridgehead atoms. The van der Waals surface area contributed by atoms with E-state index in [-0.39, 0.29) is 0 Å². The summed E-state index contributed by atoms with van der Waals surface area (Å²) in [5.74, 6) is 4.15. The van der Waals surface area contributed by atoms with Gasteiger partial charge in [-0.05, 0) is 48.4 Å². The Kier molecular flexibility index (Phi) is 6.06. The molecule has 1 unspecified atom stereocenters. The number of hydrogen-bond acceptors (Lipinski definition) is 3. The SMILES string of the molecule is CNC(CSCC(C)C)Cc1cc(Cl)cc2c1OCC2. The van der Waals surface area contributed by atoms with Crippen LogP contribution in [0.15, 0.2) is 12.1 Å². The number of likely N-dealkylation sites (N-methyl/N-ethyl adjacent to an activating group) is 1. The fourth-order valence-corrected chi connectivity index (χ4v) is 3.89. The van der Waals surface area contributed by atoms with E-state index in [2.05, 4.69) is 25.2 Å². The van der Waals surface area contributed by atoms with Gasteiger partial charge in [-0.3, -0.25) is 0 Å². The lowest BCUT2D eigenvalue weighted by Crippen LogP contribution is -2.30. The molecule has 0 amide bonds. The molecule has 20 heavy (non-hydrogen) atoms. The van der Waals surface area contributed by atoms with E-state index in [9.17, 15) is 0 Å². The molecule has 1 aliphatic heterocycles. The summed E-state index contributed by atoms with van der Waals surface area (Å²) in [5.41, 5.74) is 2.51. The van der Waals surface area contributed by atoms with E-state index in [0.717, 1.165) is 41.9 Å². The summed E-state index contributed by atoms with van der Waals surface area (Å²) < 4.78 is 5.78. The molecule has 0 radical (unpaired) electrons. The Hall–Kier alpha value is -0.380. The highest BCUT2D eigenvalue weighted by Gasteiger charge is 2.19. The topological polar surface area (TPSA) is 21.3 Å². The van der Waals surface area contributed by atoms with Gasteiger partial charge >= 0.3 is 0 Å². The van der Waals surface area contributed by atoms with E-state index in [0.29, 0.717) is 6.04 Å². The number of thioether (sulfide) groups is 1. The van der Waals surface area contributed by atoms with Crippen molar-refractivity contribution in [1.82, 2.24) is 5.32 Å². The predicted octanol–water partition coefficient (Wildman–Crippen LogP) is 3.79. The largest absolute Gasteiger partial charge is 0.493 e. The molecule has 1 aromatic carbocycles. The Bertz CT molecular complexity index is 450. The average molecular weight is 314 g/mol. The van der Waals surface area contributed by atoms with E-state index in [4.69, 9.17) is 16.3 Å². The molecule has 0 fully saturated rings.